The van der Waals surface area contributed by atoms with Crippen molar-refractivity contribution in [2.24, 2.45) is 5.41 Å². The SMILES string of the molecule is C=CC1(CC)c2ccccc2N2c3cnc(-c4cc(CCCC)ccc4C)nc3N(C)C2C1(C)CC. The monoisotopic (exact) mass is 480 g/mol. The van der Waals surface area contributed by atoms with Gasteiger partial charge in [-0.3, -0.25) is 0 Å². The molecule has 2 aromatic carbocycles. The summed E-state index contributed by atoms with van der Waals surface area (Å²) in [5, 5.41) is 0. The molecular weight excluding hydrogens is 440 g/mol. The first kappa shape index (κ1) is 24.5. The van der Waals surface area contributed by atoms with Gasteiger partial charge in [0.1, 0.15) is 11.9 Å². The van der Waals surface area contributed by atoms with Crippen LogP contribution in [0.3, 0.4) is 0 Å². The molecule has 4 heteroatoms. The van der Waals surface area contributed by atoms with Crippen molar-refractivity contribution in [3.63, 3.8) is 0 Å². The van der Waals surface area contributed by atoms with E-state index >= 15 is 0 Å². The molecule has 0 saturated heterocycles. The van der Waals surface area contributed by atoms with Crippen molar-refractivity contribution in [3.8, 4) is 11.4 Å². The molecule has 0 bridgehead atoms. The van der Waals surface area contributed by atoms with Crippen LogP contribution in [0.15, 0.2) is 61.3 Å². The summed E-state index contributed by atoms with van der Waals surface area (Å²) in [5.41, 5.74) is 7.21. The number of unbranched alkanes of at least 4 members (excludes halogenated alkanes) is 1. The molecule has 0 aliphatic carbocycles. The Morgan fingerprint density at radius 1 is 1.06 bits per heavy atom. The number of aromatic nitrogens is 2. The molecule has 3 unspecified atom stereocenters. The van der Waals surface area contributed by atoms with E-state index in [1.807, 2.05) is 6.20 Å². The Hall–Kier alpha value is -3.14. The molecule has 5 rings (SSSR count). The van der Waals surface area contributed by atoms with Gasteiger partial charge in [-0.1, -0.05) is 70.5 Å². The first-order valence-corrected chi connectivity index (χ1v) is 13.6. The lowest BCUT2D eigenvalue weighted by atomic mass is 9.54. The average molecular weight is 481 g/mol. The van der Waals surface area contributed by atoms with Crippen LogP contribution < -0.4 is 9.80 Å². The standard InChI is InChI=1S/C32H40N4/c1-8-12-15-23-19-18-22(5)24(20-23)28-33-21-27-29(34-28)35(7)30-31(6,9-2)32(10-3,11-4)25-16-13-14-17-26(25)36(27)30/h10,13-14,16-21,30H,3,8-9,11-12,15H2,1-2,4-7H3. The third-order valence-corrected chi connectivity index (χ3v) is 9.19. The predicted molar refractivity (Wildman–Crippen MR) is 152 cm³/mol. The van der Waals surface area contributed by atoms with Gasteiger partial charge in [0.2, 0.25) is 0 Å². The second kappa shape index (κ2) is 9.06. The summed E-state index contributed by atoms with van der Waals surface area (Å²) in [4.78, 5) is 15.1. The molecule has 0 N–H and O–H groups in total. The lowest BCUT2D eigenvalue weighted by molar-refractivity contribution is 0.117. The lowest BCUT2D eigenvalue weighted by Gasteiger charge is -2.58. The Morgan fingerprint density at radius 2 is 1.83 bits per heavy atom. The second-order valence-corrected chi connectivity index (χ2v) is 10.8. The van der Waals surface area contributed by atoms with Gasteiger partial charge in [0.15, 0.2) is 11.6 Å². The zero-order valence-electron chi connectivity index (χ0n) is 22.8. The largest absolute Gasteiger partial charge is 0.336 e. The molecule has 4 nitrogen and oxygen atoms in total. The zero-order valence-corrected chi connectivity index (χ0v) is 22.8. The second-order valence-electron chi connectivity index (χ2n) is 10.8. The van der Waals surface area contributed by atoms with Gasteiger partial charge in [0.25, 0.3) is 0 Å². The molecule has 36 heavy (non-hydrogen) atoms. The van der Waals surface area contributed by atoms with Crippen LogP contribution >= 0.6 is 0 Å². The Balaban J connectivity index is 1.68. The molecule has 3 atom stereocenters. The fraction of sp³-hybridized carbons (Fsp3) is 0.438. The van der Waals surface area contributed by atoms with Crippen LogP contribution in [0.25, 0.3) is 11.4 Å². The summed E-state index contributed by atoms with van der Waals surface area (Å²) in [6, 6.07) is 15.6. The predicted octanol–water partition coefficient (Wildman–Crippen LogP) is 7.97. The highest BCUT2D eigenvalue weighted by atomic mass is 15.5. The van der Waals surface area contributed by atoms with E-state index in [1.165, 1.54) is 35.2 Å². The molecule has 0 radical (unpaired) electrons. The van der Waals surface area contributed by atoms with Crippen molar-refractivity contribution in [2.45, 2.75) is 78.3 Å². The molecule has 2 aliphatic rings. The van der Waals surface area contributed by atoms with Gasteiger partial charge >= 0.3 is 0 Å². The maximum Gasteiger partial charge on any atom is 0.161 e. The van der Waals surface area contributed by atoms with Gasteiger partial charge < -0.3 is 9.80 Å². The summed E-state index contributed by atoms with van der Waals surface area (Å²) in [6.07, 6.45) is 9.92. The number of fused-ring (bicyclic) bond motifs is 5. The Morgan fingerprint density at radius 3 is 2.53 bits per heavy atom. The molecular formula is C32H40N4. The highest BCUT2D eigenvalue weighted by Crippen LogP contribution is 2.63. The Kier molecular flexibility index (Phi) is 6.18. The molecule has 3 heterocycles. The van der Waals surface area contributed by atoms with E-state index in [1.54, 1.807) is 0 Å². The molecule has 0 amide bonds. The van der Waals surface area contributed by atoms with Gasteiger partial charge in [-0.15, -0.1) is 6.58 Å². The van der Waals surface area contributed by atoms with Crippen molar-refractivity contribution in [3.05, 3.63) is 78.0 Å². The van der Waals surface area contributed by atoms with Crippen LogP contribution in [0.1, 0.15) is 70.1 Å². The minimum absolute atomic E-state index is 0.0660. The summed E-state index contributed by atoms with van der Waals surface area (Å²) in [6.45, 7) is 15.8. The normalized spacial score (nSPS) is 24.3. The topological polar surface area (TPSA) is 32.3 Å². The fourth-order valence-electron chi connectivity index (χ4n) is 6.95. The van der Waals surface area contributed by atoms with Crippen LogP contribution in [0.5, 0.6) is 0 Å². The summed E-state index contributed by atoms with van der Waals surface area (Å²) < 4.78 is 0. The molecule has 0 fully saturated rings. The molecule has 3 aromatic rings. The average Bonchev–Trinajstić information content (AvgIpc) is 3.21. The van der Waals surface area contributed by atoms with E-state index < -0.39 is 0 Å². The van der Waals surface area contributed by atoms with Crippen LogP contribution in [-0.2, 0) is 11.8 Å². The minimum atomic E-state index is -0.129. The maximum absolute atomic E-state index is 5.23. The van der Waals surface area contributed by atoms with Gasteiger partial charge in [-0.05, 0) is 61.4 Å². The number of hydrogen-bond acceptors (Lipinski definition) is 4. The summed E-state index contributed by atoms with van der Waals surface area (Å²) >= 11 is 0. The van der Waals surface area contributed by atoms with Crippen LogP contribution in [0.2, 0.25) is 0 Å². The van der Waals surface area contributed by atoms with E-state index in [9.17, 15) is 0 Å². The van der Waals surface area contributed by atoms with E-state index in [-0.39, 0.29) is 17.0 Å². The van der Waals surface area contributed by atoms with E-state index in [2.05, 4.69) is 107 Å². The molecule has 0 spiro atoms. The van der Waals surface area contributed by atoms with Crippen molar-refractivity contribution >= 4 is 17.2 Å². The van der Waals surface area contributed by atoms with Gasteiger partial charge in [-0.2, -0.15) is 0 Å². The smallest absolute Gasteiger partial charge is 0.161 e. The van der Waals surface area contributed by atoms with Crippen LogP contribution in [-0.4, -0.2) is 23.2 Å². The molecule has 0 saturated carbocycles. The van der Waals surface area contributed by atoms with Gasteiger partial charge in [0.05, 0.1) is 6.20 Å². The third kappa shape index (κ3) is 3.26. The van der Waals surface area contributed by atoms with Crippen LogP contribution in [0, 0.1) is 12.3 Å². The first-order valence-electron chi connectivity index (χ1n) is 13.6. The van der Waals surface area contributed by atoms with E-state index in [4.69, 9.17) is 9.97 Å². The highest BCUT2D eigenvalue weighted by Gasteiger charge is 2.60. The van der Waals surface area contributed by atoms with Crippen molar-refractivity contribution < 1.29 is 0 Å². The molecule has 188 valence electrons. The number of rotatable bonds is 7. The van der Waals surface area contributed by atoms with E-state index in [0.29, 0.717) is 0 Å². The quantitative estimate of drug-likeness (QED) is 0.321. The maximum atomic E-state index is 5.23. The first-order chi connectivity index (χ1) is 17.4. The van der Waals surface area contributed by atoms with E-state index in [0.717, 1.165) is 42.2 Å². The number of allylic oxidation sites excluding steroid dienone is 1. The lowest BCUT2D eigenvalue weighted by Crippen LogP contribution is -2.62. The molecule has 2 aliphatic heterocycles. The Bertz CT molecular complexity index is 1300. The minimum Gasteiger partial charge on any atom is -0.336 e. The van der Waals surface area contributed by atoms with Crippen LogP contribution in [0.4, 0.5) is 17.2 Å². The number of hydrogen-bond donors (Lipinski definition) is 0. The number of aryl methyl sites for hydroxylation is 2. The third-order valence-electron chi connectivity index (χ3n) is 9.19. The highest BCUT2D eigenvalue weighted by molar-refractivity contribution is 5.85. The Labute approximate surface area is 217 Å². The number of nitrogens with zero attached hydrogens (tertiary/aromatic N) is 4. The fourth-order valence-corrected chi connectivity index (χ4v) is 6.95. The van der Waals surface area contributed by atoms with Gasteiger partial charge in [-0.25, -0.2) is 9.97 Å². The number of benzene rings is 2. The zero-order chi connectivity index (χ0) is 25.7. The number of anilines is 3. The van der Waals surface area contributed by atoms with Crippen molar-refractivity contribution in [2.75, 3.05) is 16.8 Å². The number of para-hydroxylation sites is 1. The van der Waals surface area contributed by atoms with Gasteiger partial charge in [0, 0.05) is 29.1 Å². The molecule has 1 aromatic heterocycles. The van der Waals surface area contributed by atoms with Crippen molar-refractivity contribution in [1.82, 2.24) is 9.97 Å². The summed E-state index contributed by atoms with van der Waals surface area (Å²) in [7, 11) is 2.20. The van der Waals surface area contributed by atoms with Crippen molar-refractivity contribution in [1.29, 1.82) is 0 Å². The summed E-state index contributed by atoms with van der Waals surface area (Å²) in [5.74, 6) is 1.82.